The molecule has 0 aliphatic carbocycles. The number of hydrogen-bond acceptors (Lipinski definition) is 1. The van der Waals surface area contributed by atoms with Crippen LogP contribution in [0.4, 0.5) is 4.39 Å². The van der Waals surface area contributed by atoms with E-state index in [9.17, 15) is 9.18 Å². The molecular weight excluding hydrogens is 309 g/mol. The van der Waals surface area contributed by atoms with Gasteiger partial charge in [-0.25, -0.2) is 4.39 Å². The van der Waals surface area contributed by atoms with E-state index in [1.165, 1.54) is 6.07 Å². The Kier molecular flexibility index (Phi) is 4.68. The lowest BCUT2D eigenvalue weighted by molar-refractivity contribution is -0.120. The Labute approximate surface area is 119 Å². The Morgan fingerprint density at radius 1 is 1.05 bits per heavy atom. The normalized spacial score (nSPS) is 10.2. The molecule has 19 heavy (non-hydrogen) atoms. The van der Waals surface area contributed by atoms with Gasteiger partial charge in [0.2, 0.25) is 5.91 Å². The highest BCUT2D eigenvalue weighted by Crippen LogP contribution is 2.16. The fraction of sp³-hybridized carbons (Fsp3) is 0.133. The lowest BCUT2D eigenvalue weighted by Gasteiger charge is -2.07. The number of halogens is 2. The second-order valence-electron chi connectivity index (χ2n) is 4.14. The first-order valence-corrected chi connectivity index (χ1v) is 6.69. The van der Waals surface area contributed by atoms with Crippen LogP contribution in [0.25, 0.3) is 0 Å². The number of carbonyl (C=O) groups excluding carboxylic acids is 1. The van der Waals surface area contributed by atoms with E-state index in [1.807, 2.05) is 24.3 Å². The molecule has 0 heterocycles. The highest BCUT2D eigenvalue weighted by molar-refractivity contribution is 9.10. The molecule has 2 aromatic rings. The summed E-state index contributed by atoms with van der Waals surface area (Å²) in [5.74, 6) is -0.432. The summed E-state index contributed by atoms with van der Waals surface area (Å²) in [7, 11) is 0. The van der Waals surface area contributed by atoms with E-state index in [0.29, 0.717) is 5.56 Å². The average molecular weight is 322 g/mol. The van der Waals surface area contributed by atoms with Crippen molar-refractivity contribution >= 4 is 21.8 Å². The molecule has 1 amide bonds. The molecule has 2 aromatic carbocycles. The molecule has 0 bridgehead atoms. The number of carbonyl (C=O) groups is 1. The van der Waals surface area contributed by atoms with E-state index < -0.39 is 0 Å². The number of amides is 1. The van der Waals surface area contributed by atoms with Crippen LogP contribution in [0, 0.1) is 5.82 Å². The maximum atomic E-state index is 13.4. The largest absolute Gasteiger partial charge is 0.352 e. The predicted molar refractivity (Wildman–Crippen MR) is 76.1 cm³/mol. The lowest BCUT2D eigenvalue weighted by Crippen LogP contribution is -2.25. The topological polar surface area (TPSA) is 29.1 Å². The van der Waals surface area contributed by atoms with Gasteiger partial charge in [-0.1, -0.05) is 52.3 Å². The first-order valence-electron chi connectivity index (χ1n) is 5.90. The first-order chi connectivity index (χ1) is 9.16. The minimum Gasteiger partial charge on any atom is -0.352 e. The van der Waals surface area contributed by atoms with Gasteiger partial charge in [0.25, 0.3) is 0 Å². The van der Waals surface area contributed by atoms with Gasteiger partial charge >= 0.3 is 0 Å². The number of nitrogens with one attached hydrogen (secondary N) is 1. The van der Waals surface area contributed by atoms with Crippen LogP contribution in [-0.2, 0) is 17.8 Å². The SMILES string of the molecule is O=C(Cc1ccccc1Br)NCc1ccccc1F. The van der Waals surface area contributed by atoms with Crippen molar-refractivity contribution in [1.29, 1.82) is 0 Å². The summed E-state index contributed by atoms with van der Waals surface area (Å²) < 4.78 is 14.3. The fourth-order valence-electron chi connectivity index (χ4n) is 1.71. The molecule has 0 aliphatic rings. The monoisotopic (exact) mass is 321 g/mol. The van der Waals surface area contributed by atoms with Gasteiger partial charge in [-0.3, -0.25) is 4.79 Å². The zero-order chi connectivity index (χ0) is 13.7. The van der Waals surface area contributed by atoms with E-state index in [4.69, 9.17) is 0 Å². The molecule has 0 spiro atoms. The van der Waals surface area contributed by atoms with Crippen LogP contribution in [-0.4, -0.2) is 5.91 Å². The number of rotatable bonds is 4. The third-order valence-electron chi connectivity index (χ3n) is 2.74. The van der Waals surface area contributed by atoms with Crippen LogP contribution in [0.15, 0.2) is 53.0 Å². The van der Waals surface area contributed by atoms with Gasteiger partial charge in [-0.15, -0.1) is 0 Å². The molecule has 1 N–H and O–H groups in total. The van der Waals surface area contributed by atoms with Crippen LogP contribution in [0.3, 0.4) is 0 Å². The molecule has 0 aliphatic heterocycles. The van der Waals surface area contributed by atoms with Gasteiger partial charge in [0.15, 0.2) is 0 Å². The summed E-state index contributed by atoms with van der Waals surface area (Å²) in [5.41, 5.74) is 1.40. The van der Waals surface area contributed by atoms with Crippen molar-refractivity contribution < 1.29 is 9.18 Å². The average Bonchev–Trinajstić information content (AvgIpc) is 2.40. The standard InChI is InChI=1S/C15H13BrFNO/c16-13-7-3-1-5-11(13)9-15(19)18-10-12-6-2-4-8-14(12)17/h1-8H,9-10H2,(H,18,19). The summed E-state index contributed by atoms with van der Waals surface area (Å²) in [6.07, 6.45) is 0.274. The molecule has 98 valence electrons. The molecule has 0 atom stereocenters. The highest BCUT2D eigenvalue weighted by Gasteiger charge is 2.07. The van der Waals surface area contributed by atoms with Crippen molar-refractivity contribution in [3.05, 3.63) is 69.9 Å². The summed E-state index contributed by atoms with van der Waals surface area (Å²) in [6.45, 7) is 0.204. The van der Waals surface area contributed by atoms with Crippen molar-refractivity contribution in [1.82, 2.24) is 5.32 Å². The Balaban J connectivity index is 1.92. The second kappa shape index (κ2) is 6.48. The van der Waals surface area contributed by atoms with Gasteiger partial charge in [0, 0.05) is 16.6 Å². The molecular formula is C15H13BrFNO. The van der Waals surface area contributed by atoms with Crippen LogP contribution in [0.2, 0.25) is 0 Å². The predicted octanol–water partition coefficient (Wildman–Crippen LogP) is 3.45. The van der Waals surface area contributed by atoms with Crippen LogP contribution in [0.5, 0.6) is 0 Å². The van der Waals surface area contributed by atoms with E-state index in [0.717, 1.165) is 10.0 Å². The Bertz CT molecular complexity index is 586. The summed E-state index contributed by atoms with van der Waals surface area (Å²) in [4.78, 5) is 11.8. The number of hydrogen-bond donors (Lipinski definition) is 1. The van der Waals surface area contributed by atoms with E-state index in [1.54, 1.807) is 18.2 Å². The molecule has 2 rings (SSSR count). The van der Waals surface area contributed by atoms with Gasteiger partial charge < -0.3 is 5.32 Å². The molecule has 0 saturated carbocycles. The van der Waals surface area contributed by atoms with Crippen LogP contribution in [0.1, 0.15) is 11.1 Å². The van der Waals surface area contributed by atoms with Crippen LogP contribution >= 0.6 is 15.9 Å². The molecule has 0 saturated heterocycles. The van der Waals surface area contributed by atoms with E-state index in [2.05, 4.69) is 21.2 Å². The lowest BCUT2D eigenvalue weighted by atomic mass is 10.1. The molecule has 0 aromatic heterocycles. The molecule has 0 fully saturated rings. The van der Waals surface area contributed by atoms with E-state index >= 15 is 0 Å². The molecule has 4 heteroatoms. The highest BCUT2D eigenvalue weighted by atomic mass is 79.9. The van der Waals surface area contributed by atoms with Gasteiger partial charge in [-0.05, 0) is 17.7 Å². The van der Waals surface area contributed by atoms with Gasteiger partial charge in [0.1, 0.15) is 5.82 Å². The van der Waals surface area contributed by atoms with Crippen molar-refractivity contribution in [2.45, 2.75) is 13.0 Å². The first kappa shape index (κ1) is 13.7. The van der Waals surface area contributed by atoms with Gasteiger partial charge in [-0.2, -0.15) is 0 Å². The quantitative estimate of drug-likeness (QED) is 0.918. The maximum absolute atomic E-state index is 13.4. The van der Waals surface area contributed by atoms with Crippen molar-refractivity contribution in [3.63, 3.8) is 0 Å². The Hall–Kier alpha value is -1.68. The molecule has 0 unspecified atom stereocenters. The molecule has 0 radical (unpaired) electrons. The third-order valence-corrected chi connectivity index (χ3v) is 3.52. The zero-order valence-corrected chi connectivity index (χ0v) is 11.8. The third kappa shape index (κ3) is 3.89. The second-order valence-corrected chi connectivity index (χ2v) is 4.99. The zero-order valence-electron chi connectivity index (χ0n) is 10.2. The maximum Gasteiger partial charge on any atom is 0.224 e. The van der Waals surface area contributed by atoms with Crippen molar-refractivity contribution in [2.24, 2.45) is 0 Å². The Morgan fingerprint density at radius 2 is 1.68 bits per heavy atom. The summed E-state index contributed by atoms with van der Waals surface area (Å²) >= 11 is 3.39. The smallest absolute Gasteiger partial charge is 0.224 e. The van der Waals surface area contributed by atoms with Gasteiger partial charge in [0.05, 0.1) is 6.42 Å². The molecule has 2 nitrogen and oxygen atoms in total. The van der Waals surface area contributed by atoms with Crippen molar-refractivity contribution in [2.75, 3.05) is 0 Å². The minimum atomic E-state index is -0.302. The van der Waals surface area contributed by atoms with Crippen molar-refractivity contribution in [3.8, 4) is 0 Å². The Morgan fingerprint density at radius 3 is 2.37 bits per heavy atom. The summed E-state index contributed by atoms with van der Waals surface area (Å²) in [6, 6.07) is 14.0. The minimum absolute atomic E-state index is 0.129. The summed E-state index contributed by atoms with van der Waals surface area (Å²) in [5, 5.41) is 2.72. The fourth-order valence-corrected chi connectivity index (χ4v) is 2.14. The van der Waals surface area contributed by atoms with Crippen LogP contribution < -0.4 is 5.32 Å². The number of benzene rings is 2. The van der Waals surface area contributed by atoms with E-state index in [-0.39, 0.29) is 24.7 Å².